The van der Waals surface area contributed by atoms with Crippen LogP contribution in [0.4, 0.5) is 0 Å². The second kappa shape index (κ2) is 4.76. The third-order valence-electron chi connectivity index (χ3n) is 2.86. The van der Waals surface area contributed by atoms with Gasteiger partial charge in [-0.3, -0.25) is 4.98 Å². The van der Waals surface area contributed by atoms with Gasteiger partial charge < -0.3 is 5.73 Å². The Balaban J connectivity index is 2.19. The summed E-state index contributed by atoms with van der Waals surface area (Å²) in [4.78, 5) is 6.59. The van der Waals surface area contributed by atoms with Crippen LogP contribution in [-0.4, -0.2) is 4.98 Å². The summed E-state index contributed by atoms with van der Waals surface area (Å²) in [6.45, 7) is 4.27. The van der Waals surface area contributed by atoms with Gasteiger partial charge >= 0.3 is 0 Å². The van der Waals surface area contributed by atoms with Gasteiger partial charge in [-0.25, -0.2) is 0 Å². The van der Waals surface area contributed by atoms with Gasteiger partial charge in [-0.2, -0.15) is 0 Å². The molecule has 0 spiro atoms. The smallest absolute Gasteiger partial charge is 0.0456 e. The fourth-order valence-corrected chi connectivity index (χ4v) is 2.74. The van der Waals surface area contributed by atoms with Gasteiger partial charge in [0, 0.05) is 34.1 Å². The molecule has 0 amide bonds. The van der Waals surface area contributed by atoms with Crippen LogP contribution in [0.3, 0.4) is 0 Å². The molecule has 2 heterocycles. The van der Waals surface area contributed by atoms with Crippen LogP contribution in [0.5, 0.6) is 0 Å². The molecule has 2 unspecified atom stereocenters. The average Bonchev–Trinajstić information content (AvgIpc) is 2.75. The van der Waals surface area contributed by atoms with Gasteiger partial charge in [-0.05, 0) is 36.8 Å². The molecule has 84 valence electrons. The van der Waals surface area contributed by atoms with Gasteiger partial charge in [-0.15, -0.1) is 11.3 Å². The van der Waals surface area contributed by atoms with Gasteiger partial charge in [0.15, 0.2) is 0 Å². The first-order chi connectivity index (χ1) is 7.68. The van der Waals surface area contributed by atoms with E-state index in [-0.39, 0.29) is 6.04 Å². The van der Waals surface area contributed by atoms with Gasteiger partial charge in [0.25, 0.3) is 0 Å². The van der Waals surface area contributed by atoms with E-state index in [2.05, 4.69) is 31.0 Å². The lowest BCUT2D eigenvalue weighted by Gasteiger charge is -2.18. The molecule has 2 rings (SSSR count). The first-order valence-electron chi connectivity index (χ1n) is 5.40. The lowest BCUT2D eigenvalue weighted by molar-refractivity contribution is 0.607. The molecule has 2 nitrogen and oxygen atoms in total. The topological polar surface area (TPSA) is 38.9 Å². The van der Waals surface area contributed by atoms with Crippen molar-refractivity contribution < 1.29 is 0 Å². The number of nitrogens with zero attached hydrogens (tertiary/aromatic N) is 1. The second-order valence-electron chi connectivity index (χ2n) is 4.04. The van der Waals surface area contributed by atoms with E-state index < -0.39 is 0 Å². The molecule has 2 aromatic heterocycles. The van der Waals surface area contributed by atoms with E-state index in [1.165, 1.54) is 15.3 Å². The molecule has 2 aromatic rings. The lowest BCUT2D eigenvalue weighted by Crippen LogP contribution is -2.16. The van der Waals surface area contributed by atoms with Gasteiger partial charge in [0.1, 0.15) is 0 Å². The maximum Gasteiger partial charge on any atom is 0.0456 e. The van der Waals surface area contributed by atoms with Crippen molar-refractivity contribution >= 4 is 11.3 Å². The summed E-state index contributed by atoms with van der Waals surface area (Å²) in [5, 5.41) is 0. The van der Waals surface area contributed by atoms with Crippen molar-refractivity contribution in [2.75, 3.05) is 0 Å². The summed E-state index contributed by atoms with van der Waals surface area (Å²) in [7, 11) is 0. The highest BCUT2D eigenvalue weighted by molar-refractivity contribution is 7.12. The van der Waals surface area contributed by atoms with E-state index >= 15 is 0 Å². The Kier molecular flexibility index (Phi) is 3.36. The normalized spacial score (nSPS) is 14.7. The standard InChI is InChI=1S/C13H16N2S/c1-9-3-4-12(16-9)13(14)10(2)11-5-7-15-8-6-11/h3-8,10,13H,14H2,1-2H3. The van der Waals surface area contributed by atoms with E-state index in [1.807, 2.05) is 24.5 Å². The summed E-state index contributed by atoms with van der Waals surface area (Å²) < 4.78 is 0. The van der Waals surface area contributed by atoms with E-state index in [9.17, 15) is 0 Å². The molecule has 0 bridgehead atoms. The average molecular weight is 232 g/mol. The summed E-state index contributed by atoms with van der Waals surface area (Å²) in [6.07, 6.45) is 3.64. The summed E-state index contributed by atoms with van der Waals surface area (Å²) in [5.74, 6) is 0.320. The molecular formula is C13H16N2S. The van der Waals surface area contributed by atoms with Crippen molar-refractivity contribution in [2.24, 2.45) is 5.73 Å². The van der Waals surface area contributed by atoms with Gasteiger partial charge in [0.2, 0.25) is 0 Å². The first-order valence-corrected chi connectivity index (χ1v) is 6.22. The highest BCUT2D eigenvalue weighted by Gasteiger charge is 2.17. The molecule has 0 aliphatic heterocycles. The van der Waals surface area contributed by atoms with Crippen LogP contribution < -0.4 is 5.73 Å². The highest BCUT2D eigenvalue weighted by atomic mass is 32.1. The fourth-order valence-electron chi connectivity index (χ4n) is 1.75. The Bertz CT molecular complexity index is 450. The molecule has 0 aromatic carbocycles. The lowest BCUT2D eigenvalue weighted by atomic mass is 9.94. The predicted molar refractivity (Wildman–Crippen MR) is 68.6 cm³/mol. The van der Waals surface area contributed by atoms with Crippen LogP contribution in [-0.2, 0) is 0 Å². The van der Waals surface area contributed by atoms with Crippen molar-refractivity contribution in [1.82, 2.24) is 4.98 Å². The number of thiophene rings is 1. The van der Waals surface area contributed by atoms with Crippen LogP contribution in [0.15, 0.2) is 36.7 Å². The quantitative estimate of drug-likeness (QED) is 0.882. The van der Waals surface area contributed by atoms with Crippen molar-refractivity contribution in [1.29, 1.82) is 0 Å². The van der Waals surface area contributed by atoms with Crippen LogP contribution in [0.2, 0.25) is 0 Å². The molecule has 0 saturated heterocycles. The van der Waals surface area contributed by atoms with Crippen LogP contribution in [0, 0.1) is 6.92 Å². The Morgan fingerprint density at radius 3 is 2.44 bits per heavy atom. The number of hydrogen-bond donors (Lipinski definition) is 1. The molecule has 0 saturated carbocycles. The van der Waals surface area contributed by atoms with E-state index in [4.69, 9.17) is 5.73 Å². The van der Waals surface area contributed by atoms with Crippen molar-refractivity contribution in [3.8, 4) is 0 Å². The molecular weight excluding hydrogens is 216 g/mol. The minimum absolute atomic E-state index is 0.0705. The number of aryl methyl sites for hydroxylation is 1. The van der Waals surface area contributed by atoms with Crippen LogP contribution >= 0.6 is 11.3 Å². The van der Waals surface area contributed by atoms with Crippen LogP contribution in [0.25, 0.3) is 0 Å². The maximum atomic E-state index is 6.27. The monoisotopic (exact) mass is 232 g/mol. The summed E-state index contributed by atoms with van der Waals surface area (Å²) >= 11 is 1.78. The zero-order valence-electron chi connectivity index (χ0n) is 9.55. The van der Waals surface area contributed by atoms with E-state index in [0.29, 0.717) is 5.92 Å². The van der Waals surface area contributed by atoms with E-state index in [0.717, 1.165) is 0 Å². The van der Waals surface area contributed by atoms with E-state index in [1.54, 1.807) is 11.3 Å². The number of aromatic nitrogens is 1. The zero-order valence-corrected chi connectivity index (χ0v) is 10.4. The minimum Gasteiger partial charge on any atom is -0.323 e. The Hall–Kier alpha value is -1.19. The summed E-state index contributed by atoms with van der Waals surface area (Å²) in [5.41, 5.74) is 7.52. The number of pyridine rings is 1. The van der Waals surface area contributed by atoms with Gasteiger partial charge in [0.05, 0.1) is 0 Å². The molecule has 0 fully saturated rings. The largest absolute Gasteiger partial charge is 0.323 e. The Labute approximate surface area is 100 Å². The molecule has 3 heteroatoms. The van der Waals surface area contributed by atoms with Crippen molar-refractivity contribution in [2.45, 2.75) is 25.8 Å². The zero-order chi connectivity index (χ0) is 11.5. The third kappa shape index (κ3) is 2.31. The van der Waals surface area contributed by atoms with Gasteiger partial charge in [-0.1, -0.05) is 6.92 Å². The van der Waals surface area contributed by atoms with Crippen molar-refractivity contribution in [3.63, 3.8) is 0 Å². The molecule has 0 aliphatic carbocycles. The number of hydrogen-bond acceptors (Lipinski definition) is 3. The number of rotatable bonds is 3. The maximum absolute atomic E-state index is 6.27. The molecule has 0 radical (unpaired) electrons. The number of nitrogens with two attached hydrogens (primary N) is 1. The SMILES string of the molecule is Cc1ccc(C(N)C(C)c2ccncc2)s1. The van der Waals surface area contributed by atoms with Crippen LogP contribution in [0.1, 0.15) is 34.2 Å². The summed E-state index contributed by atoms with van der Waals surface area (Å²) in [6, 6.07) is 8.39. The van der Waals surface area contributed by atoms with Crippen molar-refractivity contribution in [3.05, 3.63) is 52.0 Å². The Morgan fingerprint density at radius 2 is 1.88 bits per heavy atom. The minimum atomic E-state index is 0.0705. The molecule has 2 N–H and O–H groups in total. The highest BCUT2D eigenvalue weighted by Crippen LogP contribution is 2.31. The fraction of sp³-hybridized carbons (Fsp3) is 0.308. The third-order valence-corrected chi connectivity index (χ3v) is 3.96. The first kappa shape index (κ1) is 11.3. The molecule has 2 atom stereocenters. The molecule has 16 heavy (non-hydrogen) atoms. The Morgan fingerprint density at radius 1 is 1.19 bits per heavy atom. The predicted octanol–water partition coefficient (Wildman–Crippen LogP) is 3.26. The molecule has 0 aliphatic rings. The second-order valence-corrected chi connectivity index (χ2v) is 5.36.